The van der Waals surface area contributed by atoms with Crippen LogP contribution >= 0.6 is 11.3 Å². The SMILES string of the molecule is CC(C)NC(=O)c1cnc(Nc2ccc3c(c2)CNCC32CC2)nc1Nc1csc(C(C)(C)C)n1. The Morgan fingerprint density at radius 1 is 1.17 bits per heavy atom. The monoisotopic (exact) mass is 491 g/mol. The van der Waals surface area contributed by atoms with Gasteiger partial charge in [-0.05, 0) is 49.9 Å². The Morgan fingerprint density at radius 3 is 2.66 bits per heavy atom. The highest BCUT2D eigenvalue weighted by molar-refractivity contribution is 7.10. The van der Waals surface area contributed by atoms with Crippen molar-refractivity contribution in [3.63, 3.8) is 0 Å². The first-order valence-electron chi connectivity index (χ1n) is 12.2. The summed E-state index contributed by atoms with van der Waals surface area (Å²) in [6.07, 6.45) is 4.07. The summed E-state index contributed by atoms with van der Waals surface area (Å²) in [5, 5.41) is 16.0. The van der Waals surface area contributed by atoms with Crippen LogP contribution in [0.15, 0.2) is 29.8 Å². The number of nitrogens with zero attached hydrogens (tertiary/aromatic N) is 3. The van der Waals surface area contributed by atoms with E-state index in [9.17, 15) is 4.79 Å². The Kier molecular flexibility index (Phi) is 6.01. The Labute approximate surface area is 210 Å². The highest BCUT2D eigenvalue weighted by Crippen LogP contribution is 2.50. The Morgan fingerprint density at radius 2 is 1.97 bits per heavy atom. The molecule has 3 heterocycles. The zero-order valence-electron chi connectivity index (χ0n) is 21.0. The number of anilines is 4. The number of rotatable bonds is 6. The van der Waals surface area contributed by atoms with Crippen LogP contribution in [-0.2, 0) is 17.4 Å². The third-order valence-electron chi connectivity index (χ3n) is 6.41. The van der Waals surface area contributed by atoms with Crippen molar-refractivity contribution in [2.24, 2.45) is 0 Å². The van der Waals surface area contributed by atoms with Gasteiger partial charge >= 0.3 is 0 Å². The number of carbonyl (C=O) groups is 1. The van der Waals surface area contributed by atoms with Gasteiger partial charge in [-0.1, -0.05) is 26.8 Å². The van der Waals surface area contributed by atoms with E-state index in [1.54, 1.807) is 17.5 Å². The Bertz CT molecular complexity index is 1260. The molecule has 1 fully saturated rings. The first-order chi connectivity index (χ1) is 16.6. The molecule has 0 radical (unpaired) electrons. The van der Waals surface area contributed by atoms with Crippen molar-refractivity contribution in [3.8, 4) is 0 Å². The zero-order chi connectivity index (χ0) is 24.8. The molecule has 2 aliphatic rings. The maximum absolute atomic E-state index is 12.9. The fourth-order valence-electron chi connectivity index (χ4n) is 4.43. The first kappa shape index (κ1) is 23.7. The van der Waals surface area contributed by atoms with Crippen molar-refractivity contribution in [3.05, 3.63) is 51.5 Å². The summed E-state index contributed by atoms with van der Waals surface area (Å²) in [6, 6.07) is 6.50. The van der Waals surface area contributed by atoms with Gasteiger partial charge in [0.25, 0.3) is 5.91 Å². The van der Waals surface area contributed by atoms with Crippen LogP contribution in [0.1, 0.15) is 74.0 Å². The number of amides is 1. The fourth-order valence-corrected chi connectivity index (χ4v) is 5.27. The van der Waals surface area contributed by atoms with Gasteiger partial charge in [-0.25, -0.2) is 9.97 Å². The molecule has 0 unspecified atom stereocenters. The van der Waals surface area contributed by atoms with Crippen LogP contribution in [0.5, 0.6) is 0 Å². The average molecular weight is 492 g/mol. The van der Waals surface area contributed by atoms with E-state index in [0.29, 0.717) is 28.6 Å². The number of fused-ring (bicyclic) bond motifs is 2. The minimum atomic E-state index is -0.227. The Hall–Kier alpha value is -3.04. The first-order valence-corrected chi connectivity index (χ1v) is 13.0. The van der Waals surface area contributed by atoms with E-state index in [2.05, 4.69) is 70.2 Å². The van der Waals surface area contributed by atoms with Gasteiger partial charge in [0, 0.05) is 47.2 Å². The van der Waals surface area contributed by atoms with Crippen LogP contribution in [-0.4, -0.2) is 33.4 Å². The van der Waals surface area contributed by atoms with E-state index >= 15 is 0 Å². The lowest BCUT2D eigenvalue weighted by molar-refractivity contribution is 0.0943. The van der Waals surface area contributed by atoms with Crippen LogP contribution in [0.25, 0.3) is 0 Å². The molecule has 184 valence electrons. The summed E-state index contributed by atoms with van der Waals surface area (Å²) in [5.41, 5.74) is 4.37. The number of hydrogen-bond acceptors (Lipinski definition) is 8. The van der Waals surface area contributed by atoms with Crippen LogP contribution in [0.2, 0.25) is 0 Å². The van der Waals surface area contributed by atoms with Gasteiger partial charge in [0.2, 0.25) is 5.95 Å². The summed E-state index contributed by atoms with van der Waals surface area (Å²) in [6.45, 7) is 12.2. The third-order valence-corrected chi connectivity index (χ3v) is 7.68. The van der Waals surface area contributed by atoms with Gasteiger partial charge in [0.15, 0.2) is 0 Å². The molecule has 1 spiro atoms. The smallest absolute Gasteiger partial charge is 0.256 e. The van der Waals surface area contributed by atoms with E-state index < -0.39 is 0 Å². The van der Waals surface area contributed by atoms with Gasteiger partial charge in [-0.15, -0.1) is 11.3 Å². The molecule has 1 saturated carbocycles. The molecule has 8 nitrogen and oxygen atoms in total. The van der Waals surface area contributed by atoms with Crippen molar-refractivity contribution >= 4 is 40.5 Å². The summed E-state index contributed by atoms with van der Waals surface area (Å²) >= 11 is 1.59. The molecule has 1 aliphatic heterocycles. The molecule has 1 amide bonds. The highest BCUT2D eigenvalue weighted by Gasteiger charge is 2.46. The number of carbonyl (C=O) groups excluding carboxylic acids is 1. The molecule has 0 atom stereocenters. The molecule has 0 bridgehead atoms. The predicted octanol–water partition coefficient (Wildman–Crippen LogP) is 4.99. The lowest BCUT2D eigenvalue weighted by Gasteiger charge is -2.26. The Balaban J connectivity index is 1.43. The standard InChI is InChI=1S/C26H33N7OS/c1-15(2)29-22(34)18-12-28-24(33-21(18)31-20-13-35-23(32-20)25(3,4)5)30-17-6-7-19-16(10-17)11-27-14-26(19)8-9-26/h6-7,10,12-13,15,27H,8-9,11,14H2,1-5H3,(H,29,34)(H2,28,30,31,33). The second kappa shape index (κ2) is 8.87. The lowest BCUT2D eigenvalue weighted by Crippen LogP contribution is -2.33. The molecular weight excluding hydrogens is 458 g/mol. The number of aromatic nitrogens is 3. The van der Waals surface area contributed by atoms with Crippen LogP contribution in [0, 0.1) is 0 Å². The molecule has 3 aromatic rings. The van der Waals surface area contributed by atoms with Crippen LogP contribution in [0.3, 0.4) is 0 Å². The van der Waals surface area contributed by atoms with Crippen LogP contribution < -0.4 is 21.3 Å². The predicted molar refractivity (Wildman–Crippen MR) is 141 cm³/mol. The van der Waals surface area contributed by atoms with E-state index in [-0.39, 0.29) is 17.4 Å². The summed E-state index contributed by atoms with van der Waals surface area (Å²) in [5.74, 6) is 1.28. The molecule has 5 rings (SSSR count). The highest BCUT2D eigenvalue weighted by atomic mass is 32.1. The molecule has 2 aromatic heterocycles. The van der Waals surface area contributed by atoms with Crippen molar-refractivity contribution in [1.29, 1.82) is 0 Å². The third kappa shape index (κ3) is 5.01. The van der Waals surface area contributed by atoms with Crippen molar-refractivity contribution in [1.82, 2.24) is 25.6 Å². The molecule has 9 heteroatoms. The fraction of sp³-hybridized carbons (Fsp3) is 0.462. The van der Waals surface area contributed by atoms with E-state index in [1.165, 1.54) is 24.0 Å². The van der Waals surface area contributed by atoms with E-state index in [1.807, 2.05) is 19.2 Å². The minimum absolute atomic E-state index is 0.00113. The molecular formula is C26H33N7OS. The van der Waals surface area contributed by atoms with Gasteiger partial charge in [0.1, 0.15) is 22.2 Å². The number of benzene rings is 1. The number of nitrogens with one attached hydrogen (secondary N) is 4. The van der Waals surface area contributed by atoms with E-state index in [0.717, 1.165) is 23.8 Å². The van der Waals surface area contributed by atoms with Gasteiger partial charge in [-0.2, -0.15) is 4.98 Å². The molecule has 1 aromatic carbocycles. The zero-order valence-corrected chi connectivity index (χ0v) is 21.8. The van der Waals surface area contributed by atoms with Crippen LogP contribution in [0.4, 0.5) is 23.3 Å². The minimum Gasteiger partial charge on any atom is -0.350 e. The maximum Gasteiger partial charge on any atom is 0.256 e. The lowest BCUT2D eigenvalue weighted by atomic mass is 9.88. The maximum atomic E-state index is 12.9. The van der Waals surface area contributed by atoms with Crippen molar-refractivity contribution in [2.75, 3.05) is 17.2 Å². The number of hydrogen-bond donors (Lipinski definition) is 4. The van der Waals surface area contributed by atoms with Gasteiger partial charge in [-0.3, -0.25) is 4.79 Å². The van der Waals surface area contributed by atoms with Gasteiger partial charge in [0.05, 0.1) is 0 Å². The summed E-state index contributed by atoms with van der Waals surface area (Å²) in [4.78, 5) is 26.7. The molecule has 4 N–H and O–H groups in total. The molecule has 35 heavy (non-hydrogen) atoms. The van der Waals surface area contributed by atoms with Crippen molar-refractivity contribution in [2.45, 2.75) is 70.9 Å². The normalized spacial score (nSPS) is 16.2. The second-order valence-corrected chi connectivity index (χ2v) is 11.7. The topological polar surface area (TPSA) is 104 Å². The average Bonchev–Trinajstić information content (AvgIpc) is 3.37. The second-order valence-electron chi connectivity index (χ2n) is 10.9. The quantitative estimate of drug-likeness (QED) is 0.385. The molecule has 0 saturated heterocycles. The summed E-state index contributed by atoms with van der Waals surface area (Å²) < 4.78 is 0. The summed E-state index contributed by atoms with van der Waals surface area (Å²) in [7, 11) is 0. The van der Waals surface area contributed by atoms with Crippen molar-refractivity contribution < 1.29 is 4.79 Å². The molecule has 1 aliphatic carbocycles. The van der Waals surface area contributed by atoms with Gasteiger partial charge < -0.3 is 21.3 Å². The van der Waals surface area contributed by atoms with E-state index in [4.69, 9.17) is 4.98 Å². The largest absolute Gasteiger partial charge is 0.350 e. The number of thiazole rings is 1.